The van der Waals surface area contributed by atoms with Gasteiger partial charge in [-0.2, -0.15) is 0 Å². The Hall–Kier alpha value is -1.31. The summed E-state index contributed by atoms with van der Waals surface area (Å²) in [4.78, 5) is 3.25. The molecule has 3 rings (SSSR count). The lowest BCUT2D eigenvalue weighted by Crippen LogP contribution is -2.03. The van der Waals surface area contributed by atoms with Crippen molar-refractivity contribution in [3.05, 3.63) is 35.8 Å². The van der Waals surface area contributed by atoms with E-state index in [9.17, 15) is 4.39 Å². The number of aromatic amines is 1. The molecule has 0 unspecified atom stereocenters. The summed E-state index contributed by atoms with van der Waals surface area (Å²) in [5.74, 6) is 0.494. The van der Waals surface area contributed by atoms with E-state index in [1.165, 1.54) is 43.7 Å². The Morgan fingerprint density at radius 2 is 1.94 bits per heavy atom. The lowest BCUT2D eigenvalue weighted by molar-refractivity contribution is 0.445. The Bertz CT molecular complexity index is 494. The molecule has 2 aromatic rings. The van der Waals surface area contributed by atoms with Gasteiger partial charge in [0.1, 0.15) is 5.82 Å². The molecule has 1 N–H and O–H groups in total. The summed E-state index contributed by atoms with van der Waals surface area (Å²) >= 11 is 0. The molecule has 1 aliphatic rings. The maximum absolute atomic E-state index is 13.2. The topological polar surface area (TPSA) is 15.8 Å². The molecule has 0 bridgehead atoms. The Labute approximate surface area is 94.7 Å². The normalized spacial score (nSPS) is 18.1. The van der Waals surface area contributed by atoms with Gasteiger partial charge in [0.25, 0.3) is 0 Å². The molecule has 0 spiro atoms. The standard InChI is InChI=1S/C14H16FN/c15-11-6-7-14-12(8-11)13(9-16-14)10-4-2-1-3-5-10/h6-10,16H,1-5H2. The highest BCUT2D eigenvalue weighted by molar-refractivity contribution is 5.83. The van der Waals surface area contributed by atoms with E-state index in [0.29, 0.717) is 5.92 Å². The molecule has 0 aliphatic heterocycles. The van der Waals surface area contributed by atoms with Crippen LogP contribution in [-0.4, -0.2) is 4.98 Å². The van der Waals surface area contributed by atoms with Crippen LogP contribution in [-0.2, 0) is 0 Å². The van der Waals surface area contributed by atoms with E-state index in [-0.39, 0.29) is 5.82 Å². The fourth-order valence-corrected chi connectivity index (χ4v) is 2.87. The zero-order chi connectivity index (χ0) is 11.0. The molecule has 0 amide bonds. The van der Waals surface area contributed by atoms with E-state index in [1.807, 2.05) is 6.07 Å². The van der Waals surface area contributed by atoms with Gasteiger partial charge in [0.15, 0.2) is 0 Å². The monoisotopic (exact) mass is 217 g/mol. The molecule has 16 heavy (non-hydrogen) atoms. The molecule has 0 atom stereocenters. The van der Waals surface area contributed by atoms with E-state index < -0.39 is 0 Å². The summed E-state index contributed by atoms with van der Waals surface area (Å²) in [6, 6.07) is 5.01. The first-order valence-corrected chi connectivity index (χ1v) is 6.11. The van der Waals surface area contributed by atoms with Crippen molar-refractivity contribution in [2.75, 3.05) is 0 Å². The second-order valence-corrected chi connectivity index (χ2v) is 4.77. The number of hydrogen-bond donors (Lipinski definition) is 1. The number of fused-ring (bicyclic) bond motifs is 1. The maximum atomic E-state index is 13.2. The van der Waals surface area contributed by atoms with Gasteiger partial charge in [-0.25, -0.2) is 4.39 Å². The highest BCUT2D eigenvalue weighted by atomic mass is 19.1. The predicted octanol–water partition coefficient (Wildman–Crippen LogP) is 4.35. The quantitative estimate of drug-likeness (QED) is 0.730. The van der Waals surface area contributed by atoms with Gasteiger partial charge >= 0.3 is 0 Å². The van der Waals surface area contributed by atoms with Gasteiger partial charge in [0, 0.05) is 17.1 Å². The lowest BCUT2D eigenvalue weighted by atomic mass is 9.84. The molecule has 1 saturated carbocycles. The van der Waals surface area contributed by atoms with Crippen LogP contribution in [0.5, 0.6) is 0 Å². The zero-order valence-electron chi connectivity index (χ0n) is 9.30. The van der Waals surface area contributed by atoms with Crippen molar-refractivity contribution >= 4 is 10.9 Å². The highest BCUT2D eigenvalue weighted by Crippen LogP contribution is 2.36. The third kappa shape index (κ3) is 1.62. The van der Waals surface area contributed by atoms with Crippen LogP contribution in [0.25, 0.3) is 10.9 Å². The largest absolute Gasteiger partial charge is 0.361 e. The predicted molar refractivity (Wildman–Crippen MR) is 64.1 cm³/mol. The van der Waals surface area contributed by atoms with Crippen molar-refractivity contribution in [1.82, 2.24) is 4.98 Å². The zero-order valence-corrected chi connectivity index (χ0v) is 9.30. The van der Waals surface area contributed by atoms with Gasteiger partial charge in [-0.1, -0.05) is 19.3 Å². The molecule has 1 aliphatic carbocycles. The number of H-pyrrole nitrogens is 1. The van der Waals surface area contributed by atoms with Gasteiger partial charge < -0.3 is 4.98 Å². The maximum Gasteiger partial charge on any atom is 0.123 e. The Kier molecular flexibility index (Phi) is 2.43. The van der Waals surface area contributed by atoms with Crippen LogP contribution in [0, 0.1) is 5.82 Å². The van der Waals surface area contributed by atoms with Crippen LogP contribution < -0.4 is 0 Å². The number of hydrogen-bond acceptors (Lipinski definition) is 0. The molecule has 1 heterocycles. The van der Waals surface area contributed by atoms with Crippen LogP contribution in [0.4, 0.5) is 4.39 Å². The van der Waals surface area contributed by atoms with E-state index in [1.54, 1.807) is 6.07 Å². The number of aromatic nitrogens is 1. The number of rotatable bonds is 1. The second kappa shape index (κ2) is 3.93. The Morgan fingerprint density at radius 3 is 2.75 bits per heavy atom. The van der Waals surface area contributed by atoms with Gasteiger partial charge in [-0.3, -0.25) is 0 Å². The van der Waals surface area contributed by atoms with E-state index in [0.717, 1.165) is 10.9 Å². The molecule has 1 aromatic heterocycles. The van der Waals surface area contributed by atoms with Crippen molar-refractivity contribution in [3.63, 3.8) is 0 Å². The van der Waals surface area contributed by atoms with Gasteiger partial charge in [0.2, 0.25) is 0 Å². The average Bonchev–Trinajstić information content (AvgIpc) is 2.73. The molecule has 0 radical (unpaired) electrons. The minimum absolute atomic E-state index is 0.135. The smallest absolute Gasteiger partial charge is 0.123 e. The lowest BCUT2D eigenvalue weighted by Gasteiger charge is -2.21. The van der Waals surface area contributed by atoms with Crippen molar-refractivity contribution in [3.8, 4) is 0 Å². The highest BCUT2D eigenvalue weighted by Gasteiger charge is 2.18. The van der Waals surface area contributed by atoms with Crippen molar-refractivity contribution in [2.24, 2.45) is 0 Å². The van der Waals surface area contributed by atoms with Crippen LogP contribution >= 0.6 is 0 Å². The summed E-state index contributed by atoms with van der Waals surface area (Å²) in [6.45, 7) is 0. The first kappa shape index (κ1) is 9.88. The van der Waals surface area contributed by atoms with Crippen molar-refractivity contribution in [2.45, 2.75) is 38.0 Å². The number of nitrogens with one attached hydrogen (secondary N) is 1. The first-order chi connectivity index (χ1) is 7.84. The van der Waals surface area contributed by atoms with Crippen LogP contribution in [0.1, 0.15) is 43.6 Å². The molecule has 84 valence electrons. The molecule has 1 fully saturated rings. The van der Waals surface area contributed by atoms with E-state index >= 15 is 0 Å². The minimum atomic E-state index is -0.135. The van der Waals surface area contributed by atoms with Gasteiger partial charge in [-0.15, -0.1) is 0 Å². The third-order valence-corrected chi connectivity index (χ3v) is 3.72. The van der Waals surface area contributed by atoms with Gasteiger partial charge in [0.05, 0.1) is 0 Å². The summed E-state index contributed by atoms with van der Waals surface area (Å²) in [5.41, 5.74) is 2.37. The molecule has 1 nitrogen and oxygen atoms in total. The fraction of sp³-hybridized carbons (Fsp3) is 0.429. The number of benzene rings is 1. The SMILES string of the molecule is Fc1ccc2[nH]cc(C3CCCCC3)c2c1. The molecular weight excluding hydrogens is 201 g/mol. The Morgan fingerprint density at radius 1 is 1.12 bits per heavy atom. The van der Waals surface area contributed by atoms with Crippen LogP contribution in [0.2, 0.25) is 0 Å². The van der Waals surface area contributed by atoms with Crippen LogP contribution in [0.15, 0.2) is 24.4 Å². The van der Waals surface area contributed by atoms with Gasteiger partial charge in [-0.05, 0) is 42.5 Å². The summed E-state index contributed by atoms with van der Waals surface area (Å²) in [7, 11) is 0. The molecule has 1 aromatic carbocycles. The van der Waals surface area contributed by atoms with E-state index in [4.69, 9.17) is 0 Å². The molecule has 2 heteroatoms. The number of halogens is 1. The summed E-state index contributed by atoms with van der Waals surface area (Å²) < 4.78 is 13.2. The average molecular weight is 217 g/mol. The second-order valence-electron chi connectivity index (χ2n) is 4.77. The van der Waals surface area contributed by atoms with Crippen LogP contribution in [0.3, 0.4) is 0 Å². The molecular formula is C14H16FN. The first-order valence-electron chi connectivity index (χ1n) is 6.11. The summed E-state index contributed by atoms with van der Waals surface area (Å²) in [6.07, 6.45) is 8.56. The Balaban J connectivity index is 2.05. The molecule has 0 saturated heterocycles. The minimum Gasteiger partial charge on any atom is -0.361 e. The van der Waals surface area contributed by atoms with E-state index in [2.05, 4.69) is 11.2 Å². The third-order valence-electron chi connectivity index (χ3n) is 3.72. The van der Waals surface area contributed by atoms with Crippen molar-refractivity contribution in [1.29, 1.82) is 0 Å². The fourth-order valence-electron chi connectivity index (χ4n) is 2.87. The van der Waals surface area contributed by atoms with Crippen molar-refractivity contribution < 1.29 is 4.39 Å². The summed E-state index contributed by atoms with van der Waals surface area (Å²) in [5, 5.41) is 1.08.